The summed E-state index contributed by atoms with van der Waals surface area (Å²) in [5.74, 6) is 0. The summed E-state index contributed by atoms with van der Waals surface area (Å²) in [6, 6.07) is 0. The van der Waals surface area contributed by atoms with E-state index in [0.29, 0.717) is 0 Å². The maximum atomic E-state index is 3.78. The van der Waals surface area contributed by atoms with E-state index in [1.165, 1.54) is 5.57 Å². The van der Waals surface area contributed by atoms with Gasteiger partial charge in [-0.1, -0.05) is 37.5 Å². The molecule has 0 fully saturated rings. The molecular formula is C12H19N. The van der Waals surface area contributed by atoms with Crippen LogP contribution in [-0.2, 0) is 0 Å². The van der Waals surface area contributed by atoms with Gasteiger partial charge in [-0.05, 0) is 25.8 Å². The van der Waals surface area contributed by atoms with E-state index in [2.05, 4.69) is 24.6 Å². The van der Waals surface area contributed by atoms with Gasteiger partial charge in [-0.15, -0.1) is 0 Å². The topological polar surface area (TPSA) is 12.0 Å². The summed E-state index contributed by atoms with van der Waals surface area (Å²) in [5, 5.41) is 3.19. The molecule has 0 amide bonds. The highest BCUT2D eigenvalue weighted by atomic mass is 14.9. The predicted octanol–water partition coefficient (Wildman–Crippen LogP) is 3.19. The lowest BCUT2D eigenvalue weighted by molar-refractivity contribution is 0.793. The average molecular weight is 177 g/mol. The van der Waals surface area contributed by atoms with Gasteiger partial charge in [0.2, 0.25) is 0 Å². The Balaban J connectivity index is 3.90. The zero-order valence-corrected chi connectivity index (χ0v) is 8.64. The summed E-state index contributed by atoms with van der Waals surface area (Å²) in [6.45, 7) is 12.4. The van der Waals surface area contributed by atoms with Crippen molar-refractivity contribution in [2.45, 2.75) is 20.3 Å². The van der Waals surface area contributed by atoms with Crippen LogP contribution in [0.2, 0.25) is 0 Å². The highest BCUT2D eigenvalue weighted by Crippen LogP contribution is 2.02. The predicted molar refractivity (Wildman–Crippen MR) is 60.5 cm³/mol. The summed E-state index contributed by atoms with van der Waals surface area (Å²) in [5.41, 5.74) is 2.30. The third-order valence-corrected chi connectivity index (χ3v) is 1.55. The fourth-order valence-electron chi connectivity index (χ4n) is 1.01. The third-order valence-electron chi connectivity index (χ3n) is 1.55. The van der Waals surface area contributed by atoms with E-state index >= 15 is 0 Å². The second-order valence-electron chi connectivity index (χ2n) is 2.93. The van der Waals surface area contributed by atoms with Crippen molar-refractivity contribution in [2.24, 2.45) is 0 Å². The van der Waals surface area contributed by atoms with Gasteiger partial charge in [0, 0.05) is 12.2 Å². The van der Waals surface area contributed by atoms with Crippen LogP contribution in [0.1, 0.15) is 20.3 Å². The minimum atomic E-state index is 0.930. The molecule has 0 rings (SSSR count). The fourth-order valence-corrected chi connectivity index (χ4v) is 1.01. The first-order chi connectivity index (χ1) is 6.20. The van der Waals surface area contributed by atoms with Crippen LogP contribution in [-0.4, -0.2) is 6.54 Å². The van der Waals surface area contributed by atoms with Gasteiger partial charge in [0.1, 0.15) is 0 Å². The molecule has 0 aromatic carbocycles. The zero-order chi connectivity index (χ0) is 10.1. The molecule has 1 N–H and O–H groups in total. The van der Waals surface area contributed by atoms with Crippen molar-refractivity contribution >= 4 is 0 Å². The van der Waals surface area contributed by atoms with Crippen molar-refractivity contribution in [1.29, 1.82) is 0 Å². The molecule has 0 aliphatic carbocycles. The molecule has 1 heteroatoms. The van der Waals surface area contributed by atoms with Crippen molar-refractivity contribution in [2.75, 3.05) is 6.54 Å². The summed E-state index contributed by atoms with van der Waals surface area (Å²) < 4.78 is 0. The van der Waals surface area contributed by atoms with Crippen molar-refractivity contribution in [3.63, 3.8) is 0 Å². The van der Waals surface area contributed by atoms with Crippen molar-refractivity contribution in [3.05, 3.63) is 48.7 Å². The van der Waals surface area contributed by atoms with Gasteiger partial charge < -0.3 is 5.32 Å². The van der Waals surface area contributed by atoms with Crippen molar-refractivity contribution < 1.29 is 0 Å². The summed E-state index contributed by atoms with van der Waals surface area (Å²) >= 11 is 0. The van der Waals surface area contributed by atoms with Crippen LogP contribution in [0.4, 0.5) is 0 Å². The lowest BCUT2D eigenvalue weighted by atomic mass is 10.1. The molecule has 0 radical (unpaired) electrons. The van der Waals surface area contributed by atoms with Crippen LogP contribution in [0, 0.1) is 0 Å². The summed E-state index contributed by atoms with van der Waals surface area (Å²) in [7, 11) is 0. The highest BCUT2D eigenvalue weighted by Gasteiger charge is 1.90. The SMILES string of the molecule is C=C/C=C(\C=C/C)CCNC(=C)C. The first kappa shape index (κ1) is 11.8. The molecule has 0 saturated heterocycles. The van der Waals surface area contributed by atoms with E-state index < -0.39 is 0 Å². The third kappa shape index (κ3) is 7.13. The van der Waals surface area contributed by atoms with Gasteiger partial charge in [-0.2, -0.15) is 0 Å². The minimum absolute atomic E-state index is 0.930. The zero-order valence-electron chi connectivity index (χ0n) is 8.64. The standard InChI is InChI=1S/C12H19N/c1-5-7-12(8-6-2)9-10-13-11(3)4/h5-8,13H,1,3,9-10H2,2,4H3/b8-6-,12-7+. The van der Waals surface area contributed by atoms with Gasteiger partial charge in [-0.3, -0.25) is 0 Å². The largest absolute Gasteiger partial charge is 0.389 e. The molecule has 0 unspecified atom stereocenters. The Morgan fingerprint density at radius 1 is 1.46 bits per heavy atom. The first-order valence-corrected chi connectivity index (χ1v) is 4.54. The van der Waals surface area contributed by atoms with Crippen LogP contribution in [0.25, 0.3) is 0 Å². The number of hydrogen-bond donors (Lipinski definition) is 1. The minimum Gasteiger partial charge on any atom is -0.389 e. The van der Waals surface area contributed by atoms with Crippen molar-refractivity contribution in [3.8, 4) is 0 Å². The second kappa shape index (κ2) is 7.41. The molecule has 0 aliphatic heterocycles. The Morgan fingerprint density at radius 3 is 2.62 bits per heavy atom. The summed E-state index contributed by atoms with van der Waals surface area (Å²) in [4.78, 5) is 0. The first-order valence-electron chi connectivity index (χ1n) is 4.54. The van der Waals surface area contributed by atoms with Crippen LogP contribution in [0.3, 0.4) is 0 Å². The second-order valence-corrected chi connectivity index (χ2v) is 2.93. The fraction of sp³-hybridized carbons (Fsp3) is 0.333. The van der Waals surface area contributed by atoms with Crippen LogP contribution < -0.4 is 5.32 Å². The average Bonchev–Trinajstić information content (AvgIpc) is 2.04. The van der Waals surface area contributed by atoms with E-state index in [-0.39, 0.29) is 0 Å². The molecule has 0 heterocycles. The molecule has 0 atom stereocenters. The molecule has 13 heavy (non-hydrogen) atoms. The normalized spacial score (nSPS) is 11.7. The van der Waals surface area contributed by atoms with Gasteiger partial charge in [0.25, 0.3) is 0 Å². The monoisotopic (exact) mass is 177 g/mol. The van der Waals surface area contributed by atoms with Crippen LogP contribution in [0.15, 0.2) is 48.7 Å². The van der Waals surface area contributed by atoms with Gasteiger partial charge in [0.05, 0.1) is 0 Å². The van der Waals surface area contributed by atoms with Gasteiger partial charge in [0.15, 0.2) is 0 Å². The van der Waals surface area contributed by atoms with E-state index in [1.54, 1.807) is 0 Å². The molecule has 0 saturated carbocycles. The van der Waals surface area contributed by atoms with Crippen LogP contribution >= 0.6 is 0 Å². The highest BCUT2D eigenvalue weighted by molar-refractivity contribution is 5.22. The quantitative estimate of drug-likeness (QED) is 0.614. The Labute approximate surface area is 81.5 Å². The molecule has 0 bridgehead atoms. The summed E-state index contributed by atoms with van der Waals surface area (Å²) in [6.07, 6.45) is 8.98. The number of rotatable bonds is 6. The Morgan fingerprint density at radius 2 is 2.15 bits per heavy atom. The lowest BCUT2D eigenvalue weighted by Gasteiger charge is -2.04. The van der Waals surface area contributed by atoms with Gasteiger partial charge >= 0.3 is 0 Å². The van der Waals surface area contributed by atoms with E-state index in [0.717, 1.165) is 18.7 Å². The Hall–Kier alpha value is -1.24. The van der Waals surface area contributed by atoms with Crippen LogP contribution in [0.5, 0.6) is 0 Å². The van der Waals surface area contributed by atoms with E-state index in [1.807, 2.05) is 32.1 Å². The molecule has 72 valence electrons. The van der Waals surface area contributed by atoms with E-state index in [9.17, 15) is 0 Å². The number of hydrogen-bond acceptors (Lipinski definition) is 1. The molecule has 0 aromatic rings. The maximum Gasteiger partial charge on any atom is 0.0184 e. The maximum absolute atomic E-state index is 3.78. The molecular weight excluding hydrogens is 158 g/mol. The molecule has 0 aromatic heterocycles. The molecule has 0 aliphatic rings. The Kier molecular flexibility index (Phi) is 6.70. The molecule has 1 nitrogen and oxygen atoms in total. The van der Waals surface area contributed by atoms with Crippen molar-refractivity contribution in [1.82, 2.24) is 5.32 Å². The Bertz CT molecular complexity index is 221. The lowest BCUT2D eigenvalue weighted by Crippen LogP contribution is -2.11. The smallest absolute Gasteiger partial charge is 0.0184 e. The number of nitrogens with one attached hydrogen (secondary N) is 1. The molecule has 0 spiro atoms. The number of allylic oxidation sites excluding steroid dienone is 5. The van der Waals surface area contributed by atoms with E-state index in [4.69, 9.17) is 0 Å². The van der Waals surface area contributed by atoms with Gasteiger partial charge in [-0.25, -0.2) is 0 Å².